The summed E-state index contributed by atoms with van der Waals surface area (Å²) in [4.78, 5) is 0. The number of aryl methyl sites for hydroxylation is 1. The maximum absolute atomic E-state index is 13.4. The Hall–Kier alpha value is -1.38. The van der Waals surface area contributed by atoms with E-state index in [1.165, 1.54) is 17.2 Å². The summed E-state index contributed by atoms with van der Waals surface area (Å²) in [6.07, 6.45) is 0.716. The molecule has 3 heteroatoms. The van der Waals surface area contributed by atoms with Crippen LogP contribution in [0.5, 0.6) is 0 Å². The van der Waals surface area contributed by atoms with Gasteiger partial charge in [0.2, 0.25) is 0 Å². The molecular formula is C16H17ClFN. The minimum Gasteiger partial charge on any atom is -0.330 e. The fraction of sp³-hybridized carbons (Fsp3) is 0.250. The molecule has 0 saturated heterocycles. The van der Waals surface area contributed by atoms with Gasteiger partial charge in [-0.2, -0.15) is 0 Å². The predicted octanol–water partition coefficient (Wildman–Crippen LogP) is 4.07. The largest absolute Gasteiger partial charge is 0.330 e. The molecule has 0 fully saturated rings. The Balaban J connectivity index is 2.21. The van der Waals surface area contributed by atoms with E-state index < -0.39 is 0 Å². The quantitative estimate of drug-likeness (QED) is 0.896. The van der Waals surface area contributed by atoms with Crippen LogP contribution in [0.3, 0.4) is 0 Å². The summed E-state index contributed by atoms with van der Waals surface area (Å²) in [7, 11) is 0. The van der Waals surface area contributed by atoms with Crippen molar-refractivity contribution in [3.63, 3.8) is 0 Å². The molecule has 2 aromatic rings. The van der Waals surface area contributed by atoms with Gasteiger partial charge in [-0.05, 0) is 43.1 Å². The van der Waals surface area contributed by atoms with Gasteiger partial charge in [0.05, 0.1) is 5.02 Å². The summed E-state index contributed by atoms with van der Waals surface area (Å²) in [6.45, 7) is 2.59. The standard InChI is InChI=1S/C16H17ClFN/c1-11-3-2-4-13(7-11)14(10-19)8-12-5-6-15(17)16(18)9-12/h2-7,9,14H,8,10,19H2,1H3. The summed E-state index contributed by atoms with van der Waals surface area (Å²) >= 11 is 5.69. The van der Waals surface area contributed by atoms with E-state index in [0.717, 1.165) is 5.56 Å². The SMILES string of the molecule is Cc1cccc(C(CN)Cc2ccc(Cl)c(F)c2)c1. The van der Waals surface area contributed by atoms with Gasteiger partial charge < -0.3 is 5.73 Å². The van der Waals surface area contributed by atoms with Crippen molar-refractivity contribution in [1.29, 1.82) is 0 Å². The second kappa shape index (κ2) is 6.18. The van der Waals surface area contributed by atoms with E-state index in [-0.39, 0.29) is 16.8 Å². The van der Waals surface area contributed by atoms with Crippen molar-refractivity contribution < 1.29 is 4.39 Å². The van der Waals surface area contributed by atoms with Crippen LogP contribution in [0.4, 0.5) is 4.39 Å². The van der Waals surface area contributed by atoms with E-state index in [1.54, 1.807) is 6.07 Å². The van der Waals surface area contributed by atoms with Crippen LogP contribution in [0.15, 0.2) is 42.5 Å². The highest BCUT2D eigenvalue weighted by molar-refractivity contribution is 6.30. The first kappa shape index (κ1) is 14.0. The fourth-order valence-electron chi connectivity index (χ4n) is 2.21. The third kappa shape index (κ3) is 3.55. The summed E-state index contributed by atoms with van der Waals surface area (Å²) in [5.41, 5.74) is 9.17. The first-order chi connectivity index (χ1) is 9.10. The molecule has 1 unspecified atom stereocenters. The molecule has 2 N–H and O–H groups in total. The van der Waals surface area contributed by atoms with Crippen LogP contribution in [0.25, 0.3) is 0 Å². The molecule has 0 amide bonds. The van der Waals surface area contributed by atoms with E-state index in [4.69, 9.17) is 17.3 Å². The molecule has 0 bridgehead atoms. The molecule has 100 valence electrons. The Morgan fingerprint density at radius 2 is 2.00 bits per heavy atom. The average Bonchev–Trinajstić information content (AvgIpc) is 2.40. The zero-order chi connectivity index (χ0) is 13.8. The molecular weight excluding hydrogens is 261 g/mol. The van der Waals surface area contributed by atoms with Crippen molar-refractivity contribution in [3.05, 3.63) is 70.0 Å². The second-order valence-electron chi connectivity index (χ2n) is 4.80. The molecule has 0 radical (unpaired) electrons. The zero-order valence-electron chi connectivity index (χ0n) is 10.9. The average molecular weight is 278 g/mol. The lowest BCUT2D eigenvalue weighted by Gasteiger charge is -2.16. The fourth-order valence-corrected chi connectivity index (χ4v) is 2.33. The molecule has 1 nitrogen and oxygen atoms in total. The number of hydrogen-bond acceptors (Lipinski definition) is 1. The first-order valence-electron chi connectivity index (χ1n) is 6.30. The van der Waals surface area contributed by atoms with Gasteiger partial charge in [0.25, 0.3) is 0 Å². The molecule has 0 spiro atoms. The molecule has 0 saturated carbocycles. The molecule has 0 aliphatic carbocycles. The molecule has 0 aromatic heterocycles. The van der Waals surface area contributed by atoms with Gasteiger partial charge in [-0.25, -0.2) is 4.39 Å². The lowest BCUT2D eigenvalue weighted by Crippen LogP contribution is -2.15. The molecule has 0 aliphatic heterocycles. The number of hydrogen-bond donors (Lipinski definition) is 1. The van der Waals surface area contributed by atoms with E-state index in [9.17, 15) is 4.39 Å². The van der Waals surface area contributed by atoms with E-state index in [0.29, 0.717) is 13.0 Å². The van der Waals surface area contributed by atoms with Gasteiger partial charge in [0, 0.05) is 5.92 Å². The van der Waals surface area contributed by atoms with Crippen molar-refractivity contribution in [2.45, 2.75) is 19.3 Å². The summed E-state index contributed by atoms with van der Waals surface area (Å²) in [5, 5.41) is 0.156. The highest BCUT2D eigenvalue weighted by Crippen LogP contribution is 2.23. The van der Waals surface area contributed by atoms with E-state index in [1.807, 2.05) is 12.1 Å². The Bertz CT molecular complexity index is 568. The van der Waals surface area contributed by atoms with Gasteiger partial charge in [-0.3, -0.25) is 0 Å². The molecule has 2 rings (SSSR count). The highest BCUT2D eigenvalue weighted by atomic mass is 35.5. The van der Waals surface area contributed by atoms with Gasteiger partial charge >= 0.3 is 0 Å². The Morgan fingerprint density at radius 1 is 1.21 bits per heavy atom. The summed E-state index contributed by atoms with van der Waals surface area (Å²) in [6, 6.07) is 13.2. The van der Waals surface area contributed by atoms with Crippen molar-refractivity contribution in [3.8, 4) is 0 Å². The second-order valence-corrected chi connectivity index (χ2v) is 5.21. The van der Waals surface area contributed by atoms with Crippen LogP contribution < -0.4 is 5.73 Å². The van der Waals surface area contributed by atoms with Crippen LogP contribution in [0, 0.1) is 12.7 Å². The Labute approximate surface area is 118 Å². The lowest BCUT2D eigenvalue weighted by molar-refractivity contribution is 0.621. The Kier molecular flexibility index (Phi) is 4.56. The van der Waals surface area contributed by atoms with Crippen molar-refractivity contribution >= 4 is 11.6 Å². The summed E-state index contributed by atoms with van der Waals surface area (Å²) in [5.74, 6) is -0.181. The zero-order valence-corrected chi connectivity index (χ0v) is 11.6. The molecule has 0 aliphatic rings. The van der Waals surface area contributed by atoms with Crippen LogP contribution in [0.2, 0.25) is 5.02 Å². The van der Waals surface area contributed by atoms with Gasteiger partial charge in [-0.1, -0.05) is 47.5 Å². The van der Waals surface area contributed by atoms with Crippen molar-refractivity contribution in [2.24, 2.45) is 5.73 Å². The third-order valence-corrected chi connectivity index (χ3v) is 3.57. The monoisotopic (exact) mass is 277 g/mol. The van der Waals surface area contributed by atoms with Crippen molar-refractivity contribution in [1.82, 2.24) is 0 Å². The van der Waals surface area contributed by atoms with Crippen LogP contribution in [0.1, 0.15) is 22.6 Å². The smallest absolute Gasteiger partial charge is 0.142 e. The van der Waals surface area contributed by atoms with E-state index >= 15 is 0 Å². The number of nitrogens with two attached hydrogens (primary N) is 1. The number of rotatable bonds is 4. The Morgan fingerprint density at radius 3 is 2.63 bits per heavy atom. The maximum atomic E-state index is 13.4. The van der Waals surface area contributed by atoms with Gasteiger partial charge in [0.15, 0.2) is 0 Å². The first-order valence-corrected chi connectivity index (χ1v) is 6.68. The van der Waals surface area contributed by atoms with Crippen LogP contribution in [-0.4, -0.2) is 6.54 Å². The van der Waals surface area contributed by atoms with Crippen molar-refractivity contribution in [2.75, 3.05) is 6.54 Å². The molecule has 2 aromatic carbocycles. The maximum Gasteiger partial charge on any atom is 0.142 e. The minimum absolute atomic E-state index is 0.156. The molecule has 1 atom stereocenters. The highest BCUT2D eigenvalue weighted by Gasteiger charge is 2.12. The summed E-state index contributed by atoms with van der Waals surface area (Å²) < 4.78 is 13.4. The molecule has 0 heterocycles. The third-order valence-electron chi connectivity index (χ3n) is 3.26. The normalized spacial score (nSPS) is 12.4. The predicted molar refractivity (Wildman–Crippen MR) is 78.1 cm³/mol. The van der Waals surface area contributed by atoms with Crippen LogP contribution in [-0.2, 0) is 6.42 Å². The lowest BCUT2D eigenvalue weighted by atomic mass is 9.91. The topological polar surface area (TPSA) is 26.0 Å². The number of benzene rings is 2. The van der Waals surface area contributed by atoms with Gasteiger partial charge in [-0.15, -0.1) is 0 Å². The molecule has 19 heavy (non-hydrogen) atoms. The van der Waals surface area contributed by atoms with Gasteiger partial charge in [0.1, 0.15) is 5.82 Å². The minimum atomic E-state index is -0.376. The number of halogens is 2. The van der Waals surface area contributed by atoms with E-state index in [2.05, 4.69) is 25.1 Å². The van der Waals surface area contributed by atoms with Crippen LogP contribution >= 0.6 is 11.6 Å².